The van der Waals surface area contributed by atoms with Crippen LogP contribution in [0.25, 0.3) is 115 Å². The highest BCUT2D eigenvalue weighted by Gasteiger charge is 2.21. The number of hydrogen-bond donors (Lipinski definition) is 0. The Morgan fingerprint density at radius 2 is 1.15 bits per heavy atom. The molecule has 4 heterocycles. The van der Waals surface area contributed by atoms with Gasteiger partial charge in [0.1, 0.15) is 11.2 Å². The minimum atomic E-state index is 0.556. The standard InChI is InChI=1S/C49H28N4OS/c1-2-12-30(13-3-1)47-50-48(32-21-24-37-36-16-7-9-20-41(36)54-42(37)28-32)52-49(51-47)53-40-19-8-6-15-35(40)38-18-10-17-34(46(38)53)31-23-25-43-39(27-31)45-33-14-5-4-11-29(33)22-26-44(45)55-43/h1-28H. The fourth-order valence-corrected chi connectivity index (χ4v) is 9.45. The molecule has 6 heteroatoms. The minimum Gasteiger partial charge on any atom is -0.456 e. The van der Waals surface area contributed by atoms with Crippen LogP contribution >= 0.6 is 11.3 Å². The Kier molecular flexibility index (Phi) is 6.44. The van der Waals surface area contributed by atoms with E-state index in [2.05, 4.69) is 120 Å². The highest BCUT2D eigenvalue weighted by Crippen LogP contribution is 2.43. The van der Waals surface area contributed by atoms with Crippen LogP contribution < -0.4 is 0 Å². The quantitative estimate of drug-likeness (QED) is 0.182. The zero-order valence-electron chi connectivity index (χ0n) is 29.3. The lowest BCUT2D eigenvalue weighted by Crippen LogP contribution is -2.07. The van der Waals surface area contributed by atoms with Crippen molar-refractivity contribution in [3.8, 4) is 39.9 Å². The molecule has 0 aliphatic rings. The summed E-state index contributed by atoms with van der Waals surface area (Å²) in [6, 6.07) is 59.7. The van der Waals surface area contributed by atoms with Gasteiger partial charge in [0.2, 0.25) is 5.95 Å². The summed E-state index contributed by atoms with van der Waals surface area (Å²) in [5.74, 6) is 1.74. The van der Waals surface area contributed by atoms with Gasteiger partial charge < -0.3 is 4.42 Å². The molecule has 0 aliphatic carbocycles. The second-order valence-electron chi connectivity index (χ2n) is 14.0. The molecular weight excluding hydrogens is 693 g/mol. The average Bonchev–Trinajstić information content (AvgIpc) is 3.93. The maximum absolute atomic E-state index is 6.31. The molecule has 256 valence electrons. The van der Waals surface area contributed by atoms with E-state index >= 15 is 0 Å². The maximum atomic E-state index is 6.31. The van der Waals surface area contributed by atoms with Crippen LogP contribution in [0, 0.1) is 0 Å². The second kappa shape index (κ2) is 11.7. The van der Waals surface area contributed by atoms with Crippen molar-refractivity contribution in [1.29, 1.82) is 0 Å². The van der Waals surface area contributed by atoms with E-state index in [1.807, 2.05) is 65.9 Å². The zero-order chi connectivity index (χ0) is 36.0. The number of thiophene rings is 1. The molecule has 12 rings (SSSR count). The molecule has 0 aliphatic heterocycles. The smallest absolute Gasteiger partial charge is 0.238 e. The van der Waals surface area contributed by atoms with Gasteiger partial charge in [0.25, 0.3) is 0 Å². The van der Waals surface area contributed by atoms with Crippen LogP contribution in [-0.4, -0.2) is 19.5 Å². The molecule has 0 radical (unpaired) electrons. The number of para-hydroxylation sites is 3. The van der Waals surface area contributed by atoms with Gasteiger partial charge in [0.05, 0.1) is 11.0 Å². The van der Waals surface area contributed by atoms with Crippen LogP contribution in [0.3, 0.4) is 0 Å². The zero-order valence-corrected chi connectivity index (χ0v) is 30.1. The van der Waals surface area contributed by atoms with Crippen molar-refractivity contribution in [3.63, 3.8) is 0 Å². The van der Waals surface area contributed by atoms with Crippen LogP contribution in [0.2, 0.25) is 0 Å². The number of hydrogen-bond acceptors (Lipinski definition) is 5. The van der Waals surface area contributed by atoms with Crippen molar-refractivity contribution >= 4 is 86.0 Å². The van der Waals surface area contributed by atoms with Gasteiger partial charge in [-0.15, -0.1) is 11.3 Å². The molecule has 0 spiro atoms. The number of nitrogens with zero attached hydrogens (tertiary/aromatic N) is 4. The fourth-order valence-electron chi connectivity index (χ4n) is 8.35. The van der Waals surface area contributed by atoms with E-state index in [0.717, 1.165) is 66.0 Å². The minimum absolute atomic E-state index is 0.556. The Morgan fingerprint density at radius 3 is 2.05 bits per heavy atom. The van der Waals surface area contributed by atoms with Crippen LogP contribution in [0.1, 0.15) is 0 Å². The first-order chi connectivity index (χ1) is 27.2. The first-order valence-corrected chi connectivity index (χ1v) is 19.2. The lowest BCUT2D eigenvalue weighted by molar-refractivity contribution is 0.669. The van der Waals surface area contributed by atoms with Gasteiger partial charge in [0.15, 0.2) is 11.6 Å². The predicted octanol–water partition coefficient (Wildman–Crippen LogP) is 13.4. The van der Waals surface area contributed by atoms with Crippen molar-refractivity contribution in [2.24, 2.45) is 0 Å². The SMILES string of the molecule is c1ccc(-c2nc(-c3ccc4c(c3)oc3ccccc34)nc(-n3c4ccccc4c4cccc(-c5ccc6sc7ccc8ccccc8c7c6c5)c43)n2)cc1. The van der Waals surface area contributed by atoms with Gasteiger partial charge in [-0.2, -0.15) is 9.97 Å². The molecule has 0 saturated heterocycles. The van der Waals surface area contributed by atoms with Gasteiger partial charge >= 0.3 is 0 Å². The number of aromatic nitrogens is 4. The molecule has 8 aromatic carbocycles. The third-order valence-electron chi connectivity index (χ3n) is 10.9. The summed E-state index contributed by atoms with van der Waals surface area (Å²) in [5, 5.41) is 9.54. The molecule has 0 saturated carbocycles. The Hall–Kier alpha value is -7.15. The van der Waals surface area contributed by atoms with E-state index in [1.54, 1.807) is 0 Å². The second-order valence-corrected chi connectivity index (χ2v) is 15.1. The Labute approximate surface area is 318 Å². The van der Waals surface area contributed by atoms with Gasteiger partial charge in [-0.3, -0.25) is 4.57 Å². The number of rotatable bonds is 4. The summed E-state index contributed by atoms with van der Waals surface area (Å²) >= 11 is 1.85. The third kappa shape index (κ3) is 4.62. The summed E-state index contributed by atoms with van der Waals surface area (Å²) in [6.45, 7) is 0. The van der Waals surface area contributed by atoms with Crippen molar-refractivity contribution in [1.82, 2.24) is 19.5 Å². The highest BCUT2D eigenvalue weighted by molar-refractivity contribution is 7.26. The van der Waals surface area contributed by atoms with Crippen molar-refractivity contribution < 1.29 is 4.42 Å². The lowest BCUT2D eigenvalue weighted by atomic mass is 9.98. The van der Waals surface area contributed by atoms with Crippen molar-refractivity contribution in [2.45, 2.75) is 0 Å². The molecule has 0 unspecified atom stereocenters. The molecule has 0 N–H and O–H groups in total. The van der Waals surface area contributed by atoms with E-state index in [-0.39, 0.29) is 0 Å². The van der Waals surface area contributed by atoms with E-state index in [1.165, 1.54) is 30.9 Å². The molecule has 4 aromatic heterocycles. The number of fused-ring (bicyclic) bond motifs is 11. The van der Waals surface area contributed by atoms with E-state index in [0.29, 0.717) is 17.6 Å². The van der Waals surface area contributed by atoms with Crippen LogP contribution in [-0.2, 0) is 0 Å². The average molecular weight is 721 g/mol. The third-order valence-corrected chi connectivity index (χ3v) is 12.0. The molecule has 12 aromatic rings. The number of benzene rings is 8. The molecule has 55 heavy (non-hydrogen) atoms. The Morgan fingerprint density at radius 1 is 0.436 bits per heavy atom. The highest BCUT2D eigenvalue weighted by atomic mass is 32.1. The van der Waals surface area contributed by atoms with Gasteiger partial charge in [-0.1, -0.05) is 127 Å². The summed E-state index contributed by atoms with van der Waals surface area (Å²) in [7, 11) is 0. The first-order valence-electron chi connectivity index (χ1n) is 18.4. The summed E-state index contributed by atoms with van der Waals surface area (Å²) in [6.07, 6.45) is 0. The number of furan rings is 1. The molecule has 0 atom stereocenters. The Bertz CT molecular complexity index is 3500. The van der Waals surface area contributed by atoms with E-state index < -0.39 is 0 Å². The molecule has 0 fully saturated rings. The van der Waals surface area contributed by atoms with Gasteiger partial charge in [-0.05, 0) is 58.8 Å². The molecule has 0 amide bonds. The largest absolute Gasteiger partial charge is 0.456 e. The monoisotopic (exact) mass is 720 g/mol. The lowest BCUT2D eigenvalue weighted by Gasteiger charge is -2.13. The van der Waals surface area contributed by atoms with Crippen molar-refractivity contribution in [3.05, 3.63) is 170 Å². The van der Waals surface area contributed by atoms with Crippen molar-refractivity contribution in [2.75, 3.05) is 0 Å². The van der Waals surface area contributed by atoms with E-state index in [9.17, 15) is 0 Å². The topological polar surface area (TPSA) is 56.7 Å². The van der Waals surface area contributed by atoms with Crippen LogP contribution in [0.15, 0.2) is 174 Å². The van der Waals surface area contributed by atoms with Crippen LogP contribution in [0.5, 0.6) is 0 Å². The summed E-state index contributed by atoms with van der Waals surface area (Å²) in [4.78, 5) is 15.6. The summed E-state index contributed by atoms with van der Waals surface area (Å²) < 4.78 is 11.1. The summed E-state index contributed by atoms with van der Waals surface area (Å²) in [5.41, 5.74) is 7.76. The van der Waals surface area contributed by atoms with Gasteiger partial charge in [-0.25, -0.2) is 4.98 Å². The maximum Gasteiger partial charge on any atom is 0.238 e. The first kappa shape index (κ1) is 30.3. The fraction of sp³-hybridized carbons (Fsp3) is 0. The molecule has 0 bridgehead atoms. The molecular formula is C49H28N4OS. The normalized spacial score (nSPS) is 12.0. The molecule has 5 nitrogen and oxygen atoms in total. The van der Waals surface area contributed by atoms with Gasteiger partial charge in [0, 0.05) is 58.4 Å². The van der Waals surface area contributed by atoms with Crippen LogP contribution in [0.4, 0.5) is 0 Å². The predicted molar refractivity (Wildman–Crippen MR) is 228 cm³/mol. The Balaban J connectivity index is 1.13. The van der Waals surface area contributed by atoms with E-state index in [4.69, 9.17) is 19.4 Å².